The van der Waals surface area contributed by atoms with E-state index in [-0.39, 0.29) is 0 Å². The topological polar surface area (TPSA) is 6.48 Å². The van der Waals surface area contributed by atoms with Crippen LogP contribution in [0.1, 0.15) is 32.6 Å². The lowest BCUT2D eigenvalue weighted by Crippen LogP contribution is -2.37. The monoisotopic (exact) mass is 208 g/mol. The molecule has 15 heavy (non-hydrogen) atoms. The smallest absolute Gasteiger partial charge is 0.0223 e. The first-order chi connectivity index (χ1) is 7.33. The maximum atomic E-state index is 2.75. The summed E-state index contributed by atoms with van der Waals surface area (Å²) in [5.41, 5.74) is 0. The Kier molecular flexibility index (Phi) is 2.73. The fourth-order valence-electron chi connectivity index (χ4n) is 3.43. The zero-order valence-electron chi connectivity index (χ0n) is 9.99. The third-order valence-corrected chi connectivity index (χ3v) is 4.66. The molecule has 0 N–H and O–H groups in total. The highest BCUT2D eigenvalue weighted by molar-refractivity contribution is 4.89. The fraction of sp³-hybridized carbons (Fsp3) is 1.00. The molecule has 1 saturated carbocycles. The lowest BCUT2D eigenvalue weighted by molar-refractivity contribution is 0.213. The van der Waals surface area contributed by atoms with Crippen LogP contribution in [0.3, 0.4) is 0 Å². The molecule has 3 atom stereocenters. The van der Waals surface area contributed by atoms with Gasteiger partial charge in [0.15, 0.2) is 0 Å². The maximum Gasteiger partial charge on any atom is 0.0223 e. The molecule has 3 unspecified atom stereocenters. The van der Waals surface area contributed by atoms with Crippen LogP contribution in [0.5, 0.6) is 0 Å². The van der Waals surface area contributed by atoms with Crippen molar-refractivity contribution in [3.05, 3.63) is 0 Å². The molecule has 1 aliphatic carbocycles. The molecule has 2 saturated heterocycles. The molecule has 0 bridgehead atoms. The molecule has 0 amide bonds. The van der Waals surface area contributed by atoms with E-state index in [2.05, 4.69) is 16.7 Å². The second-order valence-electron chi connectivity index (χ2n) is 5.92. The Bertz CT molecular complexity index is 229. The van der Waals surface area contributed by atoms with Crippen molar-refractivity contribution < 1.29 is 0 Å². The zero-order chi connectivity index (χ0) is 10.3. The Labute approximate surface area is 93.6 Å². The van der Waals surface area contributed by atoms with Gasteiger partial charge >= 0.3 is 0 Å². The highest BCUT2D eigenvalue weighted by atomic mass is 15.3. The Hall–Kier alpha value is -0.0800. The maximum absolute atomic E-state index is 2.75. The SMILES string of the molecule is CC1CC1CN1CCCN2CCCC2C1. The van der Waals surface area contributed by atoms with Gasteiger partial charge in [-0.05, 0) is 57.2 Å². The van der Waals surface area contributed by atoms with Crippen LogP contribution in [0.4, 0.5) is 0 Å². The average molecular weight is 208 g/mol. The standard InChI is InChI=1S/C13H24N2/c1-11-8-12(11)9-14-5-3-7-15-6-2-4-13(15)10-14/h11-13H,2-10H2,1H3. The van der Waals surface area contributed by atoms with Crippen molar-refractivity contribution in [1.82, 2.24) is 9.80 Å². The van der Waals surface area contributed by atoms with E-state index in [0.717, 1.165) is 17.9 Å². The number of fused-ring (bicyclic) bond motifs is 1. The lowest BCUT2D eigenvalue weighted by Gasteiger charge is -2.25. The molecule has 0 aromatic heterocycles. The first-order valence-corrected chi connectivity index (χ1v) is 6.79. The van der Waals surface area contributed by atoms with E-state index in [9.17, 15) is 0 Å². The summed E-state index contributed by atoms with van der Waals surface area (Å²) in [6, 6.07) is 0.904. The summed E-state index contributed by atoms with van der Waals surface area (Å²) in [7, 11) is 0. The minimum atomic E-state index is 0.904. The normalized spacial score (nSPS) is 42.6. The van der Waals surface area contributed by atoms with Crippen LogP contribution in [-0.4, -0.2) is 48.6 Å². The van der Waals surface area contributed by atoms with Gasteiger partial charge in [0.2, 0.25) is 0 Å². The second kappa shape index (κ2) is 4.06. The molecule has 3 fully saturated rings. The predicted molar refractivity (Wildman–Crippen MR) is 62.9 cm³/mol. The summed E-state index contributed by atoms with van der Waals surface area (Å²) in [5, 5.41) is 0. The summed E-state index contributed by atoms with van der Waals surface area (Å²) in [6.45, 7) is 9.26. The number of rotatable bonds is 2. The highest BCUT2D eigenvalue weighted by Gasteiger charge is 2.36. The summed E-state index contributed by atoms with van der Waals surface area (Å²) in [6.07, 6.45) is 5.79. The van der Waals surface area contributed by atoms with Gasteiger partial charge in [0.25, 0.3) is 0 Å². The highest BCUT2D eigenvalue weighted by Crippen LogP contribution is 2.38. The zero-order valence-corrected chi connectivity index (χ0v) is 9.99. The number of nitrogens with zero attached hydrogens (tertiary/aromatic N) is 2. The van der Waals surface area contributed by atoms with E-state index in [1.54, 1.807) is 0 Å². The fourth-order valence-corrected chi connectivity index (χ4v) is 3.43. The minimum absolute atomic E-state index is 0.904. The van der Waals surface area contributed by atoms with E-state index in [1.165, 1.54) is 58.4 Å². The van der Waals surface area contributed by atoms with Crippen molar-refractivity contribution >= 4 is 0 Å². The van der Waals surface area contributed by atoms with Gasteiger partial charge in [-0.15, -0.1) is 0 Å². The van der Waals surface area contributed by atoms with Gasteiger partial charge < -0.3 is 4.90 Å². The Morgan fingerprint density at radius 1 is 1.13 bits per heavy atom. The van der Waals surface area contributed by atoms with Gasteiger partial charge in [0.1, 0.15) is 0 Å². The summed E-state index contributed by atoms with van der Waals surface area (Å²) in [5.74, 6) is 2.06. The van der Waals surface area contributed by atoms with E-state index in [0.29, 0.717) is 0 Å². The van der Waals surface area contributed by atoms with E-state index in [4.69, 9.17) is 0 Å². The molecule has 0 spiro atoms. The van der Waals surface area contributed by atoms with Crippen LogP contribution in [0.2, 0.25) is 0 Å². The van der Waals surface area contributed by atoms with Crippen molar-refractivity contribution in [2.24, 2.45) is 11.8 Å². The van der Waals surface area contributed by atoms with Gasteiger partial charge in [-0.1, -0.05) is 6.92 Å². The van der Waals surface area contributed by atoms with Crippen molar-refractivity contribution in [1.29, 1.82) is 0 Å². The lowest BCUT2D eigenvalue weighted by atomic mass is 10.2. The van der Waals surface area contributed by atoms with Crippen molar-refractivity contribution in [2.45, 2.75) is 38.6 Å². The van der Waals surface area contributed by atoms with Crippen LogP contribution in [-0.2, 0) is 0 Å². The Balaban J connectivity index is 1.55. The van der Waals surface area contributed by atoms with Crippen molar-refractivity contribution in [3.8, 4) is 0 Å². The first kappa shape index (κ1) is 10.1. The van der Waals surface area contributed by atoms with Crippen LogP contribution < -0.4 is 0 Å². The Morgan fingerprint density at radius 3 is 2.73 bits per heavy atom. The predicted octanol–water partition coefficient (Wildman–Crippen LogP) is 1.81. The van der Waals surface area contributed by atoms with Crippen LogP contribution in [0.15, 0.2) is 0 Å². The summed E-state index contributed by atoms with van der Waals surface area (Å²) >= 11 is 0. The van der Waals surface area contributed by atoms with Gasteiger partial charge in [0.05, 0.1) is 0 Å². The molecule has 0 aromatic rings. The van der Waals surface area contributed by atoms with Crippen molar-refractivity contribution in [2.75, 3.05) is 32.7 Å². The third kappa shape index (κ3) is 2.21. The van der Waals surface area contributed by atoms with E-state index >= 15 is 0 Å². The van der Waals surface area contributed by atoms with Crippen LogP contribution >= 0.6 is 0 Å². The second-order valence-corrected chi connectivity index (χ2v) is 5.92. The summed E-state index contributed by atoms with van der Waals surface area (Å²) in [4.78, 5) is 5.49. The molecule has 86 valence electrons. The minimum Gasteiger partial charge on any atom is -0.301 e. The number of hydrogen-bond donors (Lipinski definition) is 0. The van der Waals surface area contributed by atoms with Gasteiger partial charge in [-0.2, -0.15) is 0 Å². The molecule has 0 radical (unpaired) electrons. The average Bonchev–Trinajstić information content (AvgIpc) is 2.79. The molecule has 3 rings (SSSR count). The van der Waals surface area contributed by atoms with Gasteiger partial charge in [-0.25, -0.2) is 0 Å². The molecule has 3 aliphatic rings. The largest absolute Gasteiger partial charge is 0.301 e. The van der Waals surface area contributed by atoms with Gasteiger partial charge in [-0.3, -0.25) is 4.90 Å². The van der Waals surface area contributed by atoms with Crippen molar-refractivity contribution in [3.63, 3.8) is 0 Å². The molecule has 2 heteroatoms. The van der Waals surface area contributed by atoms with Crippen LogP contribution in [0.25, 0.3) is 0 Å². The number of hydrogen-bond acceptors (Lipinski definition) is 2. The molecule has 0 aromatic carbocycles. The summed E-state index contributed by atoms with van der Waals surface area (Å²) < 4.78 is 0. The first-order valence-electron chi connectivity index (χ1n) is 6.79. The third-order valence-electron chi connectivity index (χ3n) is 4.66. The van der Waals surface area contributed by atoms with E-state index < -0.39 is 0 Å². The molecular weight excluding hydrogens is 184 g/mol. The van der Waals surface area contributed by atoms with Gasteiger partial charge in [0, 0.05) is 19.1 Å². The quantitative estimate of drug-likeness (QED) is 0.683. The molecule has 2 nitrogen and oxygen atoms in total. The molecule has 2 aliphatic heterocycles. The molecule has 2 heterocycles. The van der Waals surface area contributed by atoms with Crippen LogP contribution in [0, 0.1) is 11.8 Å². The van der Waals surface area contributed by atoms with E-state index in [1.807, 2.05) is 0 Å². The molecular formula is C13H24N2. The Morgan fingerprint density at radius 2 is 1.93 bits per heavy atom.